The highest BCUT2D eigenvalue weighted by molar-refractivity contribution is 5.22. The molecule has 0 amide bonds. The van der Waals surface area contributed by atoms with Crippen LogP contribution in [0.4, 0.5) is 8.78 Å². The lowest BCUT2D eigenvalue weighted by Gasteiger charge is -2.17. The van der Waals surface area contributed by atoms with E-state index in [1.807, 2.05) is 0 Å². The van der Waals surface area contributed by atoms with Crippen LogP contribution >= 0.6 is 0 Å². The molecule has 0 aromatic heterocycles. The SMILES string of the molecule is [N-]=[N+]=NCCC(O)C(O)c1cccc(F)c1F. The van der Waals surface area contributed by atoms with Crippen molar-refractivity contribution in [2.45, 2.75) is 18.6 Å². The summed E-state index contributed by atoms with van der Waals surface area (Å²) in [5.74, 6) is -2.29. The van der Waals surface area contributed by atoms with Crippen molar-refractivity contribution in [3.63, 3.8) is 0 Å². The highest BCUT2D eigenvalue weighted by atomic mass is 19.2. The predicted molar refractivity (Wildman–Crippen MR) is 56.0 cm³/mol. The molecule has 2 atom stereocenters. The van der Waals surface area contributed by atoms with Gasteiger partial charge in [0.2, 0.25) is 0 Å². The Balaban J connectivity index is 2.77. The van der Waals surface area contributed by atoms with E-state index in [-0.39, 0.29) is 18.5 Å². The molecule has 7 heteroatoms. The highest BCUT2D eigenvalue weighted by Crippen LogP contribution is 2.23. The van der Waals surface area contributed by atoms with Gasteiger partial charge < -0.3 is 10.2 Å². The molecule has 0 spiro atoms. The molecule has 0 heterocycles. The molecule has 0 saturated heterocycles. The first-order chi connectivity index (χ1) is 8.07. The third-order valence-electron chi connectivity index (χ3n) is 2.25. The number of azide groups is 1. The molecule has 92 valence electrons. The minimum absolute atomic E-state index is 0.0361. The van der Waals surface area contributed by atoms with Crippen LogP contribution in [-0.4, -0.2) is 22.9 Å². The quantitative estimate of drug-likeness (QED) is 0.471. The first kappa shape index (κ1) is 13.4. The largest absolute Gasteiger partial charge is 0.390 e. The van der Waals surface area contributed by atoms with Crippen molar-refractivity contribution in [2.24, 2.45) is 5.11 Å². The molecule has 5 nitrogen and oxygen atoms in total. The standard InChI is InChI=1S/C10H11F2N3O2/c11-7-3-1-2-6(9(7)12)10(17)8(16)4-5-14-15-13/h1-3,8,10,16-17H,4-5H2. The van der Waals surface area contributed by atoms with Gasteiger partial charge in [-0.15, -0.1) is 0 Å². The smallest absolute Gasteiger partial charge is 0.164 e. The van der Waals surface area contributed by atoms with Gasteiger partial charge in [-0.05, 0) is 18.0 Å². The van der Waals surface area contributed by atoms with E-state index in [4.69, 9.17) is 5.53 Å². The maximum atomic E-state index is 13.3. The Morgan fingerprint density at radius 3 is 2.71 bits per heavy atom. The maximum absolute atomic E-state index is 13.3. The van der Waals surface area contributed by atoms with Crippen LogP contribution in [0.3, 0.4) is 0 Å². The second-order valence-electron chi connectivity index (χ2n) is 3.40. The minimum atomic E-state index is -1.56. The predicted octanol–water partition coefficient (Wildman–Crippen LogP) is 2.06. The molecular formula is C10H11F2N3O2. The molecule has 0 radical (unpaired) electrons. The molecule has 1 aromatic rings. The molecule has 0 aliphatic heterocycles. The highest BCUT2D eigenvalue weighted by Gasteiger charge is 2.22. The number of rotatable bonds is 5. The summed E-state index contributed by atoms with van der Waals surface area (Å²) in [6.07, 6.45) is -2.92. The molecule has 0 bridgehead atoms. The summed E-state index contributed by atoms with van der Waals surface area (Å²) in [5, 5.41) is 22.3. The van der Waals surface area contributed by atoms with Crippen LogP contribution in [0.1, 0.15) is 18.1 Å². The number of hydrogen-bond acceptors (Lipinski definition) is 3. The van der Waals surface area contributed by atoms with Crippen LogP contribution in [0.25, 0.3) is 10.4 Å². The van der Waals surface area contributed by atoms with Crippen LogP contribution < -0.4 is 0 Å². The molecule has 0 fully saturated rings. The van der Waals surface area contributed by atoms with Gasteiger partial charge in [-0.1, -0.05) is 17.2 Å². The van der Waals surface area contributed by atoms with Crippen molar-refractivity contribution < 1.29 is 19.0 Å². The molecule has 2 N–H and O–H groups in total. The maximum Gasteiger partial charge on any atom is 0.164 e. The van der Waals surface area contributed by atoms with E-state index in [9.17, 15) is 19.0 Å². The van der Waals surface area contributed by atoms with Crippen molar-refractivity contribution in [3.05, 3.63) is 45.8 Å². The van der Waals surface area contributed by atoms with Crippen LogP contribution in [0.2, 0.25) is 0 Å². The first-order valence-electron chi connectivity index (χ1n) is 4.88. The van der Waals surface area contributed by atoms with Crippen LogP contribution in [-0.2, 0) is 0 Å². The fourth-order valence-corrected chi connectivity index (χ4v) is 1.35. The zero-order valence-corrected chi connectivity index (χ0v) is 8.79. The lowest BCUT2D eigenvalue weighted by atomic mass is 10.0. The van der Waals surface area contributed by atoms with Crippen molar-refractivity contribution >= 4 is 0 Å². The third kappa shape index (κ3) is 3.39. The van der Waals surface area contributed by atoms with E-state index in [0.717, 1.165) is 6.07 Å². The fourth-order valence-electron chi connectivity index (χ4n) is 1.35. The molecule has 0 aliphatic carbocycles. The van der Waals surface area contributed by atoms with Gasteiger partial charge in [0, 0.05) is 17.0 Å². The van der Waals surface area contributed by atoms with Gasteiger partial charge in [0.25, 0.3) is 0 Å². The van der Waals surface area contributed by atoms with E-state index in [1.165, 1.54) is 12.1 Å². The van der Waals surface area contributed by atoms with Crippen LogP contribution in [0.5, 0.6) is 0 Å². The molecule has 0 aliphatic rings. The van der Waals surface area contributed by atoms with Crippen molar-refractivity contribution in [1.29, 1.82) is 0 Å². The summed E-state index contributed by atoms with van der Waals surface area (Å²) < 4.78 is 26.1. The van der Waals surface area contributed by atoms with E-state index in [0.29, 0.717) is 0 Å². The molecule has 2 unspecified atom stereocenters. The van der Waals surface area contributed by atoms with Gasteiger partial charge in [0.1, 0.15) is 6.10 Å². The zero-order valence-electron chi connectivity index (χ0n) is 8.79. The van der Waals surface area contributed by atoms with Crippen molar-refractivity contribution in [1.82, 2.24) is 0 Å². The van der Waals surface area contributed by atoms with Gasteiger partial charge in [-0.2, -0.15) is 0 Å². The van der Waals surface area contributed by atoms with E-state index in [2.05, 4.69) is 10.0 Å². The Hall–Kier alpha value is -1.69. The topological polar surface area (TPSA) is 89.2 Å². The molecule has 17 heavy (non-hydrogen) atoms. The molecule has 1 rings (SSSR count). The van der Waals surface area contributed by atoms with E-state index >= 15 is 0 Å². The van der Waals surface area contributed by atoms with Crippen LogP contribution in [0.15, 0.2) is 23.3 Å². The number of halogens is 2. The second-order valence-corrected chi connectivity index (χ2v) is 3.40. The van der Waals surface area contributed by atoms with Gasteiger partial charge in [-0.3, -0.25) is 0 Å². The number of aliphatic hydroxyl groups excluding tert-OH is 2. The Morgan fingerprint density at radius 2 is 2.06 bits per heavy atom. The third-order valence-corrected chi connectivity index (χ3v) is 2.25. The van der Waals surface area contributed by atoms with Gasteiger partial charge >= 0.3 is 0 Å². The summed E-state index contributed by atoms with van der Waals surface area (Å²) in [6, 6.07) is 3.33. The minimum Gasteiger partial charge on any atom is -0.390 e. The molecule has 0 saturated carbocycles. The lowest BCUT2D eigenvalue weighted by molar-refractivity contribution is 0.0126. The van der Waals surface area contributed by atoms with Gasteiger partial charge in [0.05, 0.1) is 6.10 Å². The fraction of sp³-hybridized carbons (Fsp3) is 0.400. The Bertz CT molecular complexity index is 436. The number of nitrogens with zero attached hydrogens (tertiary/aromatic N) is 3. The Labute approximate surface area is 95.9 Å². The number of aliphatic hydroxyl groups is 2. The van der Waals surface area contributed by atoms with E-state index in [1.54, 1.807) is 0 Å². The Kier molecular flexibility index (Phi) is 4.84. The lowest BCUT2D eigenvalue weighted by Crippen LogP contribution is -2.20. The average Bonchev–Trinajstić information content (AvgIpc) is 2.32. The monoisotopic (exact) mass is 243 g/mol. The molecular weight excluding hydrogens is 232 g/mol. The van der Waals surface area contributed by atoms with Crippen molar-refractivity contribution in [2.75, 3.05) is 6.54 Å². The average molecular weight is 243 g/mol. The summed E-state index contributed by atoms with van der Waals surface area (Å²) in [4.78, 5) is 2.47. The van der Waals surface area contributed by atoms with Gasteiger partial charge in [0.15, 0.2) is 11.6 Å². The molecule has 1 aromatic carbocycles. The normalized spacial score (nSPS) is 13.9. The Morgan fingerprint density at radius 1 is 1.35 bits per heavy atom. The summed E-state index contributed by atoms with van der Waals surface area (Å²) in [7, 11) is 0. The number of hydrogen-bond donors (Lipinski definition) is 2. The summed E-state index contributed by atoms with van der Waals surface area (Å²) >= 11 is 0. The first-order valence-corrected chi connectivity index (χ1v) is 4.88. The second kappa shape index (κ2) is 6.15. The van der Waals surface area contributed by atoms with Gasteiger partial charge in [-0.25, -0.2) is 8.78 Å². The summed E-state index contributed by atoms with van der Waals surface area (Å²) in [5.41, 5.74) is 7.70. The van der Waals surface area contributed by atoms with Crippen molar-refractivity contribution in [3.8, 4) is 0 Å². The van der Waals surface area contributed by atoms with E-state index < -0.39 is 23.8 Å². The number of benzene rings is 1. The zero-order chi connectivity index (χ0) is 12.8. The van der Waals surface area contributed by atoms with Crippen LogP contribution in [0, 0.1) is 11.6 Å². The summed E-state index contributed by atoms with van der Waals surface area (Å²) in [6.45, 7) is -0.0361.